The number of ether oxygens (including phenoxy) is 1. The zero-order valence-corrected chi connectivity index (χ0v) is 17.6. The van der Waals surface area contributed by atoms with E-state index in [1.807, 2.05) is 45.0 Å². The Morgan fingerprint density at radius 2 is 2.07 bits per heavy atom. The number of amides is 1. The summed E-state index contributed by atoms with van der Waals surface area (Å²) < 4.78 is 8.17. The van der Waals surface area contributed by atoms with Crippen LogP contribution < -0.4 is 11.3 Å². The molecule has 0 aliphatic carbocycles. The molecule has 2 N–H and O–H groups in total. The molecule has 2 aromatic heterocycles. The fourth-order valence-electron chi connectivity index (χ4n) is 3.31. The number of benzene rings is 1. The van der Waals surface area contributed by atoms with Crippen molar-refractivity contribution >= 4 is 39.1 Å². The number of aromatic nitrogens is 2. The molecule has 146 valence electrons. The molecule has 0 bridgehead atoms. The number of fused-ring (bicyclic) bond motifs is 3. The Morgan fingerprint density at radius 1 is 1.36 bits per heavy atom. The van der Waals surface area contributed by atoms with E-state index in [9.17, 15) is 9.59 Å². The molecular weight excluding hydrogens is 394 g/mol. The lowest BCUT2D eigenvalue weighted by molar-refractivity contribution is -0.115. The molecule has 8 heteroatoms. The summed E-state index contributed by atoms with van der Waals surface area (Å²) in [4.78, 5) is 25.8. The normalized spacial score (nSPS) is 15.5. The zero-order chi connectivity index (χ0) is 20.1. The number of rotatable bonds is 4. The SMILES string of the molecule is Cc1ccc(-n2nc(SCC(N)=O)c3sc4c(c3c2=O)CC(C)(C)OC4)cc1. The molecule has 3 heterocycles. The van der Waals surface area contributed by atoms with Crippen molar-refractivity contribution in [1.29, 1.82) is 0 Å². The van der Waals surface area contributed by atoms with E-state index >= 15 is 0 Å². The second-order valence-corrected chi connectivity index (χ2v) is 9.61. The third-order valence-electron chi connectivity index (χ3n) is 4.71. The maximum atomic E-state index is 13.4. The summed E-state index contributed by atoms with van der Waals surface area (Å²) in [7, 11) is 0. The minimum atomic E-state index is -0.418. The maximum Gasteiger partial charge on any atom is 0.280 e. The van der Waals surface area contributed by atoms with Crippen molar-refractivity contribution in [3.05, 3.63) is 50.6 Å². The Labute approximate surface area is 170 Å². The number of carbonyl (C=O) groups is 1. The molecule has 1 aromatic carbocycles. The zero-order valence-electron chi connectivity index (χ0n) is 15.9. The number of thioether (sulfide) groups is 1. The summed E-state index contributed by atoms with van der Waals surface area (Å²) in [5.41, 5.74) is 7.71. The van der Waals surface area contributed by atoms with Gasteiger partial charge in [-0.05, 0) is 38.5 Å². The molecule has 6 nitrogen and oxygen atoms in total. The van der Waals surface area contributed by atoms with Gasteiger partial charge >= 0.3 is 0 Å². The molecule has 0 saturated carbocycles. The Bertz CT molecular complexity index is 1130. The fraction of sp³-hybridized carbons (Fsp3) is 0.350. The van der Waals surface area contributed by atoms with Crippen LogP contribution in [0.3, 0.4) is 0 Å². The predicted molar refractivity (Wildman–Crippen MR) is 112 cm³/mol. The predicted octanol–water partition coefficient (Wildman–Crippen LogP) is 3.18. The number of hydrogen-bond donors (Lipinski definition) is 1. The molecule has 0 atom stereocenters. The van der Waals surface area contributed by atoms with Crippen LogP contribution in [-0.4, -0.2) is 27.0 Å². The lowest BCUT2D eigenvalue weighted by Gasteiger charge is -2.30. The van der Waals surface area contributed by atoms with Gasteiger partial charge in [-0.1, -0.05) is 29.5 Å². The van der Waals surface area contributed by atoms with Crippen LogP contribution in [0.2, 0.25) is 0 Å². The fourth-order valence-corrected chi connectivity index (χ4v) is 5.37. The highest BCUT2D eigenvalue weighted by Crippen LogP contribution is 2.40. The van der Waals surface area contributed by atoms with Gasteiger partial charge in [-0.15, -0.1) is 11.3 Å². The minimum absolute atomic E-state index is 0.110. The molecule has 0 fully saturated rings. The van der Waals surface area contributed by atoms with Gasteiger partial charge in [0.15, 0.2) is 0 Å². The van der Waals surface area contributed by atoms with Crippen molar-refractivity contribution in [3.63, 3.8) is 0 Å². The van der Waals surface area contributed by atoms with Gasteiger partial charge in [0.1, 0.15) is 5.03 Å². The van der Waals surface area contributed by atoms with Gasteiger partial charge in [0.2, 0.25) is 5.91 Å². The number of nitrogens with two attached hydrogens (primary N) is 1. The van der Waals surface area contributed by atoms with Crippen LogP contribution in [0, 0.1) is 6.92 Å². The highest BCUT2D eigenvalue weighted by atomic mass is 32.2. The first-order valence-electron chi connectivity index (χ1n) is 8.95. The summed E-state index contributed by atoms with van der Waals surface area (Å²) in [6.07, 6.45) is 0.662. The molecule has 0 radical (unpaired) electrons. The van der Waals surface area contributed by atoms with Crippen molar-refractivity contribution in [3.8, 4) is 5.69 Å². The Hall–Kier alpha value is -2.16. The van der Waals surface area contributed by atoms with Gasteiger partial charge in [0.05, 0.1) is 33.7 Å². The van der Waals surface area contributed by atoms with E-state index in [0.29, 0.717) is 29.1 Å². The first kappa shape index (κ1) is 19.2. The summed E-state index contributed by atoms with van der Waals surface area (Å²) in [5, 5.41) is 5.91. The van der Waals surface area contributed by atoms with Crippen molar-refractivity contribution in [2.24, 2.45) is 5.73 Å². The number of nitrogens with zero attached hydrogens (tertiary/aromatic N) is 2. The molecule has 0 spiro atoms. The molecular formula is C20H21N3O3S2. The van der Waals surface area contributed by atoms with Crippen LogP contribution in [0.25, 0.3) is 15.8 Å². The molecule has 3 aromatic rings. The lowest BCUT2D eigenvalue weighted by Crippen LogP contribution is -2.32. The van der Waals surface area contributed by atoms with Crippen LogP contribution in [-0.2, 0) is 22.6 Å². The summed E-state index contributed by atoms with van der Waals surface area (Å²) in [6.45, 7) is 6.53. The monoisotopic (exact) mass is 415 g/mol. The van der Waals surface area contributed by atoms with Crippen LogP contribution in [0.4, 0.5) is 0 Å². The smallest absolute Gasteiger partial charge is 0.280 e. The highest BCUT2D eigenvalue weighted by Gasteiger charge is 2.31. The van der Waals surface area contributed by atoms with Gasteiger partial charge in [-0.2, -0.15) is 9.78 Å². The van der Waals surface area contributed by atoms with Gasteiger partial charge in [0, 0.05) is 11.3 Å². The average molecular weight is 416 g/mol. The van der Waals surface area contributed by atoms with Crippen molar-refractivity contribution in [1.82, 2.24) is 9.78 Å². The van der Waals surface area contributed by atoms with Crippen LogP contribution in [0.5, 0.6) is 0 Å². The van der Waals surface area contributed by atoms with E-state index in [1.54, 1.807) is 0 Å². The molecule has 0 saturated heterocycles. The summed E-state index contributed by atoms with van der Waals surface area (Å²) >= 11 is 2.79. The summed E-state index contributed by atoms with van der Waals surface area (Å²) in [5.74, 6) is -0.308. The molecule has 4 rings (SSSR count). The Kier molecular flexibility index (Phi) is 4.81. The average Bonchev–Trinajstić information content (AvgIpc) is 3.00. The minimum Gasteiger partial charge on any atom is -0.370 e. The second kappa shape index (κ2) is 7.02. The van der Waals surface area contributed by atoms with Crippen LogP contribution in [0.15, 0.2) is 34.1 Å². The molecule has 0 unspecified atom stereocenters. The first-order valence-corrected chi connectivity index (χ1v) is 10.7. The van der Waals surface area contributed by atoms with E-state index in [0.717, 1.165) is 20.7 Å². The van der Waals surface area contributed by atoms with E-state index in [2.05, 4.69) is 5.10 Å². The topological polar surface area (TPSA) is 87.2 Å². The first-order chi connectivity index (χ1) is 13.2. The van der Waals surface area contributed by atoms with Crippen molar-refractivity contribution in [2.45, 2.75) is 44.4 Å². The lowest BCUT2D eigenvalue weighted by atomic mass is 9.94. The second-order valence-electron chi connectivity index (χ2n) is 7.55. The number of hydrogen-bond acceptors (Lipinski definition) is 6. The van der Waals surface area contributed by atoms with Gasteiger partial charge in [-0.3, -0.25) is 9.59 Å². The maximum absolute atomic E-state index is 13.4. The molecule has 1 aliphatic rings. The van der Waals surface area contributed by atoms with Crippen LogP contribution in [0.1, 0.15) is 29.9 Å². The highest BCUT2D eigenvalue weighted by molar-refractivity contribution is 8.00. The van der Waals surface area contributed by atoms with E-state index < -0.39 is 5.91 Å². The number of thiophene rings is 1. The van der Waals surface area contributed by atoms with Gasteiger partial charge in [0.25, 0.3) is 5.56 Å². The Morgan fingerprint density at radius 3 is 2.75 bits per heavy atom. The van der Waals surface area contributed by atoms with Crippen molar-refractivity contribution < 1.29 is 9.53 Å². The van der Waals surface area contributed by atoms with E-state index in [1.165, 1.54) is 27.8 Å². The van der Waals surface area contributed by atoms with E-state index in [4.69, 9.17) is 10.5 Å². The molecule has 1 aliphatic heterocycles. The third kappa shape index (κ3) is 3.47. The largest absolute Gasteiger partial charge is 0.370 e. The Balaban J connectivity index is 1.97. The number of carbonyl (C=O) groups excluding carboxylic acids is 1. The number of primary amides is 1. The molecule has 1 amide bonds. The summed E-state index contributed by atoms with van der Waals surface area (Å²) in [6, 6.07) is 7.65. The quantitative estimate of drug-likeness (QED) is 0.661. The number of aryl methyl sites for hydroxylation is 1. The van der Waals surface area contributed by atoms with Crippen molar-refractivity contribution in [2.75, 3.05) is 5.75 Å². The standard InChI is InChI=1S/C20H21N3O3S2/c1-11-4-6-12(7-5-11)23-19(25)16-13-8-20(2,3)26-9-14(13)28-17(16)18(22-23)27-10-15(21)24/h4-7H,8-10H2,1-3H3,(H2,21,24). The molecule has 28 heavy (non-hydrogen) atoms. The van der Waals surface area contributed by atoms with Gasteiger partial charge in [-0.25, -0.2) is 0 Å². The van der Waals surface area contributed by atoms with E-state index in [-0.39, 0.29) is 16.9 Å². The third-order valence-corrected chi connectivity index (χ3v) is 7.04. The van der Waals surface area contributed by atoms with Gasteiger partial charge < -0.3 is 10.5 Å². The van der Waals surface area contributed by atoms with Crippen LogP contribution >= 0.6 is 23.1 Å².